The molecule has 0 radical (unpaired) electrons. The van der Waals surface area contributed by atoms with Gasteiger partial charge in [-0.15, -0.1) is 0 Å². The molecule has 0 aromatic carbocycles. The van der Waals surface area contributed by atoms with Crippen molar-refractivity contribution in [3.8, 4) is 0 Å². The largest absolute Gasteiger partial charge is 0.468 e. The number of hydrogen-bond acceptors (Lipinski definition) is 3. The topological polar surface area (TPSA) is 34.4 Å². The summed E-state index contributed by atoms with van der Waals surface area (Å²) in [6, 6.07) is 4.36. The molecule has 0 aliphatic carbocycles. The Kier molecular flexibility index (Phi) is 5.08. The van der Waals surface area contributed by atoms with Gasteiger partial charge in [-0.05, 0) is 50.8 Å². The molecule has 2 atom stereocenters. The lowest BCUT2D eigenvalue weighted by Crippen LogP contribution is -2.23. The average molecular weight is 237 g/mol. The van der Waals surface area contributed by atoms with Gasteiger partial charge >= 0.3 is 0 Å². The molecule has 1 fully saturated rings. The Morgan fingerprint density at radius 1 is 1.53 bits per heavy atom. The maximum Gasteiger partial charge on any atom is 0.120 e. The van der Waals surface area contributed by atoms with E-state index in [-0.39, 0.29) is 0 Å². The van der Waals surface area contributed by atoms with E-state index >= 15 is 0 Å². The Morgan fingerprint density at radius 3 is 3.12 bits per heavy atom. The summed E-state index contributed by atoms with van der Waals surface area (Å²) in [5.41, 5.74) is 0. The number of furan rings is 1. The Hall–Kier alpha value is -0.800. The van der Waals surface area contributed by atoms with Gasteiger partial charge in [0.2, 0.25) is 0 Å². The van der Waals surface area contributed by atoms with Crippen molar-refractivity contribution in [2.45, 2.75) is 51.2 Å². The highest BCUT2D eigenvalue weighted by Crippen LogP contribution is 2.24. The molecule has 0 bridgehead atoms. The van der Waals surface area contributed by atoms with E-state index in [1.165, 1.54) is 12.8 Å². The minimum Gasteiger partial charge on any atom is -0.468 e. The van der Waals surface area contributed by atoms with E-state index in [2.05, 4.69) is 18.3 Å². The molecule has 0 amide bonds. The normalized spacial score (nSPS) is 21.8. The quantitative estimate of drug-likeness (QED) is 0.790. The van der Waals surface area contributed by atoms with Crippen LogP contribution in [0.1, 0.15) is 50.8 Å². The molecule has 3 heteroatoms. The third kappa shape index (κ3) is 3.86. The van der Waals surface area contributed by atoms with Crippen LogP contribution in [0.2, 0.25) is 0 Å². The lowest BCUT2D eigenvalue weighted by Gasteiger charge is -2.18. The van der Waals surface area contributed by atoms with E-state index in [0.29, 0.717) is 12.1 Å². The van der Waals surface area contributed by atoms with Crippen molar-refractivity contribution < 1.29 is 9.15 Å². The molecular formula is C14H23NO2. The molecule has 1 aliphatic heterocycles. The highest BCUT2D eigenvalue weighted by molar-refractivity contribution is 5.04. The first-order valence-corrected chi connectivity index (χ1v) is 6.78. The van der Waals surface area contributed by atoms with Crippen LogP contribution in [0.25, 0.3) is 0 Å². The molecule has 1 aromatic rings. The number of ether oxygens (including phenoxy) is 1. The van der Waals surface area contributed by atoms with Gasteiger partial charge in [-0.3, -0.25) is 0 Å². The molecule has 17 heavy (non-hydrogen) atoms. The van der Waals surface area contributed by atoms with Gasteiger partial charge in [0.1, 0.15) is 5.76 Å². The summed E-state index contributed by atoms with van der Waals surface area (Å²) >= 11 is 0. The van der Waals surface area contributed by atoms with E-state index < -0.39 is 0 Å². The van der Waals surface area contributed by atoms with Crippen LogP contribution in [0, 0.1) is 0 Å². The summed E-state index contributed by atoms with van der Waals surface area (Å²) in [5, 5.41) is 3.55. The molecule has 96 valence electrons. The zero-order valence-corrected chi connectivity index (χ0v) is 10.7. The summed E-state index contributed by atoms with van der Waals surface area (Å²) in [5.74, 6) is 1.05. The molecule has 3 nitrogen and oxygen atoms in total. The fourth-order valence-corrected chi connectivity index (χ4v) is 2.38. The molecule has 2 rings (SSSR count). The zero-order valence-electron chi connectivity index (χ0n) is 10.7. The first-order chi connectivity index (χ1) is 8.40. The van der Waals surface area contributed by atoms with Crippen molar-refractivity contribution in [2.24, 2.45) is 0 Å². The summed E-state index contributed by atoms with van der Waals surface area (Å²) in [7, 11) is 0. The predicted octanol–water partition coefficient (Wildman–Crippen LogP) is 3.28. The van der Waals surface area contributed by atoms with Crippen molar-refractivity contribution in [1.29, 1.82) is 0 Å². The van der Waals surface area contributed by atoms with Crippen LogP contribution in [-0.2, 0) is 4.74 Å². The highest BCUT2D eigenvalue weighted by Gasteiger charge is 2.19. The van der Waals surface area contributed by atoms with Crippen LogP contribution < -0.4 is 5.32 Å². The third-order valence-electron chi connectivity index (χ3n) is 3.33. The first kappa shape index (κ1) is 12.7. The van der Waals surface area contributed by atoms with Crippen LogP contribution in [0.3, 0.4) is 0 Å². The summed E-state index contributed by atoms with van der Waals surface area (Å²) in [4.78, 5) is 0. The molecule has 0 saturated carbocycles. The SMILES string of the molecule is CCCNC(CCC1CCCO1)c1ccco1. The lowest BCUT2D eigenvalue weighted by molar-refractivity contribution is 0.0988. The maximum absolute atomic E-state index is 5.67. The van der Waals surface area contributed by atoms with Gasteiger partial charge in [0, 0.05) is 6.61 Å². The van der Waals surface area contributed by atoms with Crippen LogP contribution in [-0.4, -0.2) is 19.3 Å². The van der Waals surface area contributed by atoms with Crippen LogP contribution in [0.15, 0.2) is 22.8 Å². The predicted molar refractivity (Wildman–Crippen MR) is 68.0 cm³/mol. The Balaban J connectivity index is 1.82. The summed E-state index contributed by atoms with van der Waals surface area (Å²) in [6.07, 6.45) is 8.03. The summed E-state index contributed by atoms with van der Waals surface area (Å²) < 4.78 is 11.2. The second-order valence-corrected chi connectivity index (χ2v) is 4.73. The molecule has 1 saturated heterocycles. The van der Waals surface area contributed by atoms with Crippen molar-refractivity contribution in [1.82, 2.24) is 5.32 Å². The Morgan fingerprint density at radius 2 is 2.47 bits per heavy atom. The van der Waals surface area contributed by atoms with Gasteiger partial charge in [-0.1, -0.05) is 6.92 Å². The maximum atomic E-state index is 5.67. The van der Waals surface area contributed by atoms with E-state index in [1.807, 2.05) is 6.07 Å². The molecule has 1 aliphatic rings. The Labute approximate surface area is 104 Å². The van der Waals surface area contributed by atoms with Crippen molar-refractivity contribution in [3.05, 3.63) is 24.2 Å². The van der Waals surface area contributed by atoms with Crippen molar-refractivity contribution >= 4 is 0 Å². The van der Waals surface area contributed by atoms with Gasteiger partial charge in [0.15, 0.2) is 0 Å². The van der Waals surface area contributed by atoms with E-state index in [4.69, 9.17) is 9.15 Å². The van der Waals surface area contributed by atoms with Crippen LogP contribution in [0.5, 0.6) is 0 Å². The van der Waals surface area contributed by atoms with E-state index in [1.54, 1.807) is 6.26 Å². The first-order valence-electron chi connectivity index (χ1n) is 6.78. The zero-order chi connectivity index (χ0) is 11.9. The minimum absolute atomic E-state index is 0.342. The minimum atomic E-state index is 0.342. The monoisotopic (exact) mass is 237 g/mol. The molecule has 2 unspecified atom stereocenters. The lowest BCUT2D eigenvalue weighted by atomic mass is 10.0. The van der Waals surface area contributed by atoms with Gasteiger partial charge in [-0.25, -0.2) is 0 Å². The number of nitrogens with one attached hydrogen (secondary N) is 1. The third-order valence-corrected chi connectivity index (χ3v) is 3.33. The van der Waals surface area contributed by atoms with Crippen LogP contribution in [0.4, 0.5) is 0 Å². The molecule has 2 heterocycles. The van der Waals surface area contributed by atoms with Gasteiger partial charge in [0.25, 0.3) is 0 Å². The van der Waals surface area contributed by atoms with Gasteiger partial charge in [0.05, 0.1) is 18.4 Å². The second-order valence-electron chi connectivity index (χ2n) is 4.73. The van der Waals surface area contributed by atoms with E-state index in [0.717, 1.165) is 38.2 Å². The summed E-state index contributed by atoms with van der Waals surface area (Å²) in [6.45, 7) is 4.17. The van der Waals surface area contributed by atoms with Crippen molar-refractivity contribution in [3.63, 3.8) is 0 Å². The molecule has 1 N–H and O–H groups in total. The van der Waals surface area contributed by atoms with E-state index in [9.17, 15) is 0 Å². The molecule has 1 aromatic heterocycles. The fourth-order valence-electron chi connectivity index (χ4n) is 2.38. The standard InChI is InChI=1S/C14H23NO2/c1-2-9-15-13(14-6-4-11-17-14)8-7-12-5-3-10-16-12/h4,6,11-13,15H,2-3,5,7-10H2,1H3. The molecule has 0 spiro atoms. The second kappa shape index (κ2) is 6.82. The van der Waals surface area contributed by atoms with Gasteiger partial charge in [-0.2, -0.15) is 0 Å². The average Bonchev–Trinajstić information content (AvgIpc) is 3.01. The van der Waals surface area contributed by atoms with Gasteiger partial charge < -0.3 is 14.5 Å². The smallest absolute Gasteiger partial charge is 0.120 e. The highest BCUT2D eigenvalue weighted by atomic mass is 16.5. The fraction of sp³-hybridized carbons (Fsp3) is 0.714. The molecular weight excluding hydrogens is 214 g/mol. The Bertz CT molecular complexity index is 291. The van der Waals surface area contributed by atoms with Crippen LogP contribution >= 0.6 is 0 Å². The number of rotatable bonds is 7. The number of hydrogen-bond donors (Lipinski definition) is 1. The van der Waals surface area contributed by atoms with Crippen molar-refractivity contribution in [2.75, 3.05) is 13.2 Å².